The quantitative estimate of drug-likeness (QED) is 0.812. The van der Waals surface area contributed by atoms with Crippen molar-refractivity contribution in [2.24, 2.45) is 5.92 Å². The number of morpholine rings is 1. The number of piperazine rings is 1. The van der Waals surface area contributed by atoms with E-state index >= 15 is 0 Å². The highest BCUT2D eigenvalue weighted by atomic mass is 16.5. The van der Waals surface area contributed by atoms with E-state index in [0.29, 0.717) is 0 Å². The lowest BCUT2D eigenvalue weighted by Crippen LogP contribution is -2.51. The number of hydrogen-bond donors (Lipinski definition) is 1. The number of nitrogens with zero attached hydrogens (tertiary/aromatic N) is 3. The van der Waals surface area contributed by atoms with Crippen molar-refractivity contribution in [3.63, 3.8) is 0 Å². The first-order chi connectivity index (χ1) is 12.7. The Bertz CT molecular complexity index is 581. The molecular formula is C20H31N3O3. The van der Waals surface area contributed by atoms with E-state index in [4.69, 9.17) is 4.74 Å². The fourth-order valence-corrected chi connectivity index (χ4v) is 3.79. The van der Waals surface area contributed by atoms with Gasteiger partial charge in [0.25, 0.3) is 0 Å². The Balaban J connectivity index is 1.46. The van der Waals surface area contributed by atoms with Crippen molar-refractivity contribution in [1.82, 2.24) is 14.7 Å². The maximum Gasteiger partial charge on any atom is 0.226 e. The number of carbonyl (C=O) groups is 1. The van der Waals surface area contributed by atoms with Gasteiger partial charge in [-0.25, -0.2) is 0 Å². The van der Waals surface area contributed by atoms with Gasteiger partial charge < -0.3 is 14.7 Å². The SMILES string of the molecule is C[C@@H](CN1CCOCC1)C(=O)N1CCN(Cc2ccccc2CO)CC1. The largest absolute Gasteiger partial charge is 0.392 e. The summed E-state index contributed by atoms with van der Waals surface area (Å²) in [6.07, 6.45) is 0. The summed E-state index contributed by atoms with van der Waals surface area (Å²) in [4.78, 5) is 19.5. The van der Waals surface area contributed by atoms with Crippen LogP contribution >= 0.6 is 0 Å². The van der Waals surface area contributed by atoms with Crippen LogP contribution in [0.15, 0.2) is 24.3 Å². The van der Waals surface area contributed by atoms with Crippen molar-refractivity contribution < 1.29 is 14.6 Å². The van der Waals surface area contributed by atoms with Crippen molar-refractivity contribution in [2.45, 2.75) is 20.1 Å². The van der Waals surface area contributed by atoms with E-state index in [1.165, 1.54) is 5.56 Å². The van der Waals surface area contributed by atoms with Crippen molar-refractivity contribution in [3.05, 3.63) is 35.4 Å². The average molecular weight is 361 g/mol. The Morgan fingerprint density at radius 1 is 1.04 bits per heavy atom. The van der Waals surface area contributed by atoms with Crippen molar-refractivity contribution in [2.75, 3.05) is 59.0 Å². The molecule has 0 spiro atoms. The van der Waals surface area contributed by atoms with E-state index in [0.717, 1.165) is 71.1 Å². The highest BCUT2D eigenvalue weighted by Gasteiger charge is 2.26. The smallest absolute Gasteiger partial charge is 0.226 e. The molecule has 1 aromatic rings. The van der Waals surface area contributed by atoms with Crippen molar-refractivity contribution >= 4 is 5.91 Å². The third kappa shape index (κ3) is 5.04. The average Bonchev–Trinajstić information content (AvgIpc) is 2.69. The first-order valence-corrected chi connectivity index (χ1v) is 9.66. The number of carbonyl (C=O) groups excluding carboxylic acids is 1. The zero-order valence-corrected chi connectivity index (χ0v) is 15.8. The molecule has 2 aliphatic rings. The fraction of sp³-hybridized carbons (Fsp3) is 0.650. The van der Waals surface area contributed by atoms with E-state index in [2.05, 4.69) is 15.9 Å². The van der Waals surface area contributed by atoms with E-state index < -0.39 is 0 Å². The summed E-state index contributed by atoms with van der Waals surface area (Å²) in [7, 11) is 0. The third-order valence-electron chi connectivity index (χ3n) is 5.42. The maximum atomic E-state index is 12.8. The van der Waals surface area contributed by atoms with Crippen LogP contribution in [-0.2, 0) is 22.7 Å². The molecular weight excluding hydrogens is 330 g/mol. The zero-order valence-electron chi connectivity index (χ0n) is 15.8. The van der Waals surface area contributed by atoms with E-state index in [1.54, 1.807) is 0 Å². The lowest BCUT2D eigenvalue weighted by atomic mass is 10.1. The summed E-state index contributed by atoms with van der Waals surface area (Å²) in [6, 6.07) is 8.03. The number of ether oxygens (including phenoxy) is 1. The van der Waals surface area contributed by atoms with Crippen LogP contribution in [-0.4, -0.2) is 84.7 Å². The highest BCUT2D eigenvalue weighted by molar-refractivity contribution is 5.78. The van der Waals surface area contributed by atoms with Gasteiger partial charge in [-0.05, 0) is 11.1 Å². The molecule has 0 aliphatic carbocycles. The minimum absolute atomic E-state index is 0.0368. The lowest BCUT2D eigenvalue weighted by Gasteiger charge is -2.37. The number of hydrogen-bond acceptors (Lipinski definition) is 5. The van der Waals surface area contributed by atoms with Gasteiger partial charge in [0.05, 0.1) is 19.8 Å². The molecule has 1 atom stereocenters. The fourth-order valence-electron chi connectivity index (χ4n) is 3.79. The standard InChI is InChI=1S/C20H31N3O3/c1-17(14-22-10-12-26-13-11-22)20(25)23-8-6-21(7-9-23)15-18-4-2-3-5-19(18)16-24/h2-5,17,24H,6-16H2,1H3/t17-/m0/s1. The molecule has 3 rings (SSSR count). The number of aliphatic hydroxyl groups excluding tert-OH is 1. The Kier molecular flexibility index (Phi) is 7.02. The minimum Gasteiger partial charge on any atom is -0.392 e. The van der Waals surface area contributed by atoms with Gasteiger partial charge >= 0.3 is 0 Å². The van der Waals surface area contributed by atoms with Crippen LogP contribution in [0.3, 0.4) is 0 Å². The molecule has 1 amide bonds. The highest BCUT2D eigenvalue weighted by Crippen LogP contribution is 2.15. The second-order valence-corrected chi connectivity index (χ2v) is 7.34. The third-order valence-corrected chi connectivity index (χ3v) is 5.42. The van der Waals surface area contributed by atoms with Gasteiger partial charge in [-0.3, -0.25) is 14.6 Å². The molecule has 144 valence electrons. The Morgan fingerprint density at radius 2 is 1.69 bits per heavy atom. The molecule has 2 aliphatic heterocycles. The van der Waals surface area contributed by atoms with Gasteiger partial charge in [0.1, 0.15) is 0 Å². The van der Waals surface area contributed by atoms with Crippen LogP contribution in [0.2, 0.25) is 0 Å². The second kappa shape index (κ2) is 9.46. The molecule has 2 saturated heterocycles. The van der Waals surface area contributed by atoms with Gasteiger partial charge in [-0.1, -0.05) is 31.2 Å². The zero-order chi connectivity index (χ0) is 18.4. The molecule has 0 unspecified atom stereocenters. The summed E-state index contributed by atoms with van der Waals surface area (Å²) in [5, 5.41) is 9.48. The molecule has 1 aromatic carbocycles. The van der Waals surface area contributed by atoms with Crippen LogP contribution in [0, 0.1) is 5.92 Å². The summed E-state index contributed by atoms with van der Waals surface area (Å²) >= 11 is 0. The van der Waals surface area contributed by atoms with Crippen LogP contribution in [0.5, 0.6) is 0 Å². The Labute approximate surface area is 156 Å². The van der Waals surface area contributed by atoms with Crippen molar-refractivity contribution in [3.8, 4) is 0 Å². The number of benzene rings is 1. The van der Waals surface area contributed by atoms with Gasteiger partial charge in [0.15, 0.2) is 0 Å². The predicted octanol–water partition coefficient (Wildman–Crippen LogP) is 0.791. The molecule has 2 heterocycles. The summed E-state index contributed by atoms with van der Waals surface area (Å²) < 4.78 is 5.38. The van der Waals surface area contributed by atoms with E-state index in [9.17, 15) is 9.90 Å². The monoisotopic (exact) mass is 361 g/mol. The minimum atomic E-state index is 0.0368. The molecule has 0 radical (unpaired) electrons. The van der Waals surface area contributed by atoms with E-state index in [-0.39, 0.29) is 18.4 Å². The Morgan fingerprint density at radius 3 is 2.35 bits per heavy atom. The molecule has 26 heavy (non-hydrogen) atoms. The molecule has 0 bridgehead atoms. The summed E-state index contributed by atoms with van der Waals surface area (Å²) in [6.45, 7) is 10.5. The topological polar surface area (TPSA) is 56.2 Å². The number of aliphatic hydroxyl groups is 1. The Hall–Kier alpha value is -1.47. The molecule has 6 nitrogen and oxygen atoms in total. The number of rotatable bonds is 6. The first kappa shape index (κ1) is 19.3. The van der Waals surface area contributed by atoms with Crippen LogP contribution in [0.4, 0.5) is 0 Å². The molecule has 0 aromatic heterocycles. The lowest BCUT2D eigenvalue weighted by molar-refractivity contribution is -0.137. The molecule has 0 saturated carbocycles. The van der Waals surface area contributed by atoms with Gasteiger partial charge in [0.2, 0.25) is 5.91 Å². The second-order valence-electron chi connectivity index (χ2n) is 7.34. The van der Waals surface area contributed by atoms with Gasteiger partial charge in [0, 0.05) is 58.3 Å². The molecule has 1 N–H and O–H groups in total. The summed E-state index contributed by atoms with van der Waals surface area (Å²) in [5.74, 6) is 0.307. The normalized spacial score (nSPS) is 20.9. The maximum absolute atomic E-state index is 12.8. The van der Waals surface area contributed by atoms with Crippen molar-refractivity contribution in [1.29, 1.82) is 0 Å². The van der Waals surface area contributed by atoms with Gasteiger partial charge in [-0.15, -0.1) is 0 Å². The summed E-state index contributed by atoms with van der Waals surface area (Å²) in [5.41, 5.74) is 2.17. The molecule has 2 fully saturated rings. The van der Waals surface area contributed by atoms with Crippen LogP contribution < -0.4 is 0 Å². The van der Waals surface area contributed by atoms with Crippen LogP contribution in [0.1, 0.15) is 18.1 Å². The first-order valence-electron chi connectivity index (χ1n) is 9.66. The van der Waals surface area contributed by atoms with E-state index in [1.807, 2.05) is 30.0 Å². The van der Waals surface area contributed by atoms with Crippen LogP contribution in [0.25, 0.3) is 0 Å². The predicted molar refractivity (Wildman–Crippen MR) is 101 cm³/mol. The van der Waals surface area contributed by atoms with Gasteiger partial charge in [-0.2, -0.15) is 0 Å². The molecule has 6 heteroatoms. The number of amides is 1.